The highest BCUT2D eigenvalue weighted by atomic mass is 35.5. The van der Waals surface area contributed by atoms with Gasteiger partial charge in [0, 0.05) is 16.1 Å². The molecule has 2 aromatic carbocycles. The SMILES string of the molecule is Cc1ccc(Cl)cc1C(=O)c1cc(F)cc(C#N)c1. The monoisotopic (exact) mass is 273 g/mol. The normalized spacial score (nSPS) is 10.0. The summed E-state index contributed by atoms with van der Waals surface area (Å²) in [6.45, 7) is 1.77. The Labute approximate surface area is 115 Å². The van der Waals surface area contributed by atoms with Crippen LogP contribution in [0.5, 0.6) is 0 Å². The molecule has 0 spiro atoms. The van der Waals surface area contributed by atoms with Crippen molar-refractivity contribution in [3.8, 4) is 6.07 Å². The molecule has 0 N–H and O–H groups in total. The first-order valence-electron chi connectivity index (χ1n) is 5.53. The first kappa shape index (κ1) is 13.3. The van der Waals surface area contributed by atoms with Crippen molar-refractivity contribution in [3.05, 3.63) is 69.5 Å². The van der Waals surface area contributed by atoms with Gasteiger partial charge < -0.3 is 0 Å². The van der Waals surface area contributed by atoms with Gasteiger partial charge in [-0.15, -0.1) is 0 Å². The Bertz CT molecular complexity index is 704. The maximum atomic E-state index is 13.3. The molecule has 2 aromatic rings. The molecule has 0 bridgehead atoms. The van der Waals surface area contributed by atoms with Crippen LogP contribution >= 0.6 is 11.6 Å². The average molecular weight is 274 g/mol. The molecule has 94 valence electrons. The van der Waals surface area contributed by atoms with Gasteiger partial charge >= 0.3 is 0 Å². The number of rotatable bonds is 2. The third-order valence-electron chi connectivity index (χ3n) is 2.73. The van der Waals surface area contributed by atoms with Gasteiger partial charge in [0.25, 0.3) is 0 Å². The Balaban J connectivity index is 2.53. The number of hydrogen-bond donors (Lipinski definition) is 0. The topological polar surface area (TPSA) is 40.9 Å². The van der Waals surface area contributed by atoms with E-state index in [0.29, 0.717) is 10.6 Å². The number of carbonyl (C=O) groups is 1. The molecule has 0 saturated carbocycles. The minimum atomic E-state index is -0.609. The fraction of sp³-hybridized carbons (Fsp3) is 0.0667. The number of hydrogen-bond acceptors (Lipinski definition) is 2. The second-order valence-corrected chi connectivity index (χ2v) is 4.57. The van der Waals surface area contributed by atoms with Crippen molar-refractivity contribution in [2.24, 2.45) is 0 Å². The van der Waals surface area contributed by atoms with Gasteiger partial charge in [-0.25, -0.2) is 4.39 Å². The fourth-order valence-corrected chi connectivity index (χ4v) is 1.95. The van der Waals surface area contributed by atoms with Gasteiger partial charge in [-0.1, -0.05) is 17.7 Å². The van der Waals surface area contributed by atoms with Crippen LogP contribution in [0, 0.1) is 24.1 Å². The molecule has 0 heterocycles. The Morgan fingerprint density at radius 1 is 1.26 bits per heavy atom. The Kier molecular flexibility index (Phi) is 3.64. The zero-order valence-electron chi connectivity index (χ0n) is 10.1. The van der Waals surface area contributed by atoms with Gasteiger partial charge in [0.2, 0.25) is 0 Å². The van der Waals surface area contributed by atoms with Crippen LogP contribution in [0.15, 0.2) is 36.4 Å². The summed E-state index contributed by atoms with van der Waals surface area (Å²) in [5, 5.41) is 9.22. The van der Waals surface area contributed by atoms with Crippen LogP contribution in [0.1, 0.15) is 27.0 Å². The molecule has 4 heteroatoms. The molecule has 0 unspecified atom stereocenters. The number of nitriles is 1. The van der Waals surface area contributed by atoms with E-state index in [0.717, 1.165) is 17.7 Å². The lowest BCUT2D eigenvalue weighted by Crippen LogP contribution is -2.04. The first-order chi connectivity index (χ1) is 9.01. The van der Waals surface area contributed by atoms with Gasteiger partial charge in [0.1, 0.15) is 5.82 Å². The zero-order valence-corrected chi connectivity index (χ0v) is 10.8. The smallest absolute Gasteiger partial charge is 0.193 e. The summed E-state index contributed by atoms with van der Waals surface area (Å²) >= 11 is 5.86. The van der Waals surface area contributed by atoms with Crippen molar-refractivity contribution in [2.75, 3.05) is 0 Å². The van der Waals surface area contributed by atoms with Gasteiger partial charge in [0.05, 0.1) is 11.6 Å². The van der Waals surface area contributed by atoms with Gasteiger partial charge in [-0.3, -0.25) is 4.79 Å². The summed E-state index contributed by atoms with van der Waals surface area (Å²) < 4.78 is 13.3. The van der Waals surface area contributed by atoms with Crippen molar-refractivity contribution < 1.29 is 9.18 Å². The predicted octanol–water partition coefficient (Wildman–Crippen LogP) is 3.89. The van der Waals surface area contributed by atoms with Crippen LogP contribution < -0.4 is 0 Å². The molecule has 2 rings (SSSR count). The Morgan fingerprint density at radius 2 is 2.00 bits per heavy atom. The third-order valence-corrected chi connectivity index (χ3v) is 2.97. The summed E-state index contributed by atoms with van der Waals surface area (Å²) in [6, 6.07) is 10.3. The lowest BCUT2D eigenvalue weighted by molar-refractivity contribution is 0.103. The predicted molar refractivity (Wildman–Crippen MR) is 70.7 cm³/mol. The van der Waals surface area contributed by atoms with Crippen LogP contribution in [-0.2, 0) is 0 Å². The number of carbonyl (C=O) groups excluding carboxylic acids is 1. The minimum Gasteiger partial charge on any atom is -0.289 e. The maximum absolute atomic E-state index is 13.3. The molecular formula is C15H9ClFNO. The van der Waals surface area contributed by atoms with Gasteiger partial charge in [0.15, 0.2) is 5.78 Å². The average Bonchev–Trinajstić information content (AvgIpc) is 2.40. The van der Waals surface area contributed by atoms with Crippen molar-refractivity contribution in [3.63, 3.8) is 0 Å². The molecule has 19 heavy (non-hydrogen) atoms. The van der Waals surface area contributed by atoms with Gasteiger partial charge in [-0.2, -0.15) is 5.26 Å². The molecule has 0 amide bonds. The van der Waals surface area contributed by atoms with Crippen LogP contribution in [-0.4, -0.2) is 5.78 Å². The molecule has 0 atom stereocenters. The molecule has 0 aliphatic carbocycles. The van der Waals surface area contributed by atoms with Crippen LogP contribution in [0.2, 0.25) is 5.02 Å². The van der Waals surface area contributed by atoms with Crippen molar-refractivity contribution >= 4 is 17.4 Å². The largest absolute Gasteiger partial charge is 0.289 e. The molecule has 0 aromatic heterocycles. The first-order valence-corrected chi connectivity index (χ1v) is 5.90. The highest BCUT2D eigenvalue weighted by Crippen LogP contribution is 2.20. The molecule has 0 saturated heterocycles. The van der Waals surface area contributed by atoms with E-state index in [1.807, 2.05) is 6.07 Å². The lowest BCUT2D eigenvalue weighted by atomic mass is 9.98. The highest BCUT2D eigenvalue weighted by molar-refractivity contribution is 6.31. The summed E-state index contributed by atoms with van der Waals surface area (Å²) in [7, 11) is 0. The Hall–Kier alpha value is -2.18. The van der Waals surface area contributed by atoms with E-state index < -0.39 is 5.82 Å². The number of aryl methyl sites for hydroxylation is 1. The van der Waals surface area contributed by atoms with Crippen LogP contribution in [0.25, 0.3) is 0 Å². The summed E-state index contributed by atoms with van der Waals surface area (Å²) in [6.07, 6.45) is 0. The van der Waals surface area contributed by atoms with Crippen LogP contribution in [0.4, 0.5) is 4.39 Å². The lowest BCUT2D eigenvalue weighted by Gasteiger charge is -2.06. The molecule has 0 aliphatic rings. The van der Waals surface area contributed by atoms with E-state index in [1.165, 1.54) is 12.1 Å². The molecule has 0 aliphatic heterocycles. The number of ketones is 1. The van der Waals surface area contributed by atoms with Crippen molar-refractivity contribution in [1.82, 2.24) is 0 Å². The number of halogens is 2. The Morgan fingerprint density at radius 3 is 2.68 bits per heavy atom. The highest BCUT2D eigenvalue weighted by Gasteiger charge is 2.14. The van der Waals surface area contributed by atoms with E-state index in [2.05, 4.69) is 0 Å². The van der Waals surface area contributed by atoms with E-state index in [4.69, 9.17) is 16.9 Å². The third kappa shape index (κ3) is 2.81. The van der Waals surface area contributed by atoms with E-state index >= 15 is 0 Å². The number of benzene rings is 2. The summed E-state index contributed by atoms with van der Waals surface area (Å²) in [5.41, 5.74) is 1.41. The van der Waals surface area contributed by atoms with E-state index in [1.54, 1.807) is 19.1 Å². The quantitative estimate of drug-likeness (QED) is 0.779. The van der Waals surface area contributed by atoms with Crippen molar-refractivity contribution in [2.45, 2.75) is 6.92 Å². The molecular weight excluding hydrogens is 265 g/mol. The zero-order chi connectivity index (χ0) is 14.0. The summed E-state index contributed by atoms with van der Waals surface area (Å²) in [4.78, 5) is 12.3. The molecule has 0 fully saturated rings. The van der Waals surface area contributed by atoms with E-state index in [9.17, 15) is 9.18 Å². The minimum absolute atomic E-state index is 0.114. The molecule has 0 radical (unpaired) electrons. The number of nitrogens with zero attached hydrogens (tertiary/aromatic N) is 1. The fourth-order valence-electron chi connectivity index (χ4n) is 1.78. The van der Waals surface area contributed by atoms with Crippen molar-refractivity contribution in [1.29, 1.82) is 5.26 Å². The van der Waals surface area contributed by atoms with Gasteiger partial charge in [-0.05, 0) is 42.8 Å². The second kappa shape index (κ2) is 5.21. The maximum Gasteiger partial charge on any atom is 0.193 e. The van der Waals surface area contributed by atoms with Crippen LogP contribution in [0.3, 0.4) is 0 Å². The van der Waals surface area contributed by atoms with E-state index in [-0.39, 0.29) is 16.9 Å². The summed E-state index contributed by atoms with van der Waals surface area (Å²) in [5.74, 6) is -0.960. The second-order valence-electron chi connectivity index (χ2n) is 4.13. The standard InChI is InChI=1S/C15H9ClFNO/c1-9-2-3-12(16)7-14(9)15(19)11-4-10(8-18)5-13(17)6-11/h2-7H,1H3. The molecule has 2 nitrogen and oxygen atoms in total.